The summed E-state index contributed by atoms with van der Waals surface area (Å²) in [6.45, 7) is 6.74. The molecule has 0 bridgehead atoms. The van der Waals surface area contributed by atoms with Gasteiger partial charge in [-0.05, 0) is 50.0 Å². The van der Waals surface area contributed by atoms with E-state index in [0.29, 0.717) is 0 Å². The van der Waals surface area contributed by atoms with Crippen molar-refractivity contribution in [2.75, 3.05) is 33.7 Å². The van der Waals surface area contributed by atoms with Gasteiger partial charge in [0.05, 0.1) is 23.6 Å². The summed E-state index contributed by atoms with van der Waals surface area (Å²) < 4.78 is 64.9. The van der Waals surface area contributed by atoms with E-state index in [4.69, 9.17) is 0 Å². The standard InChI is InChI=1S/C30H42F2N4O7S/c1-20(2)14-29(39)36(33-28(38)19-34(5)6)24(15-22-10-8-7-9-11-22)25(37)18-35(17-21(3)4)44(40,41)23-12-13-26-27(16-23)43-30(31,32)42-26/h7-13,16,20-21,24-25,37H,14-15,17-19H2,1-6H3,(H,33,38)/t24-,25+/m0/s1. The number of halogens is 2. The van der Waals surface area contributed by atoms with Gasteiger partial charge in [-0.2, -0.15) is 4.31 Å². The smallest absolute Gasteiger partial charge is 0.395 e. The molecule has 1 aliphatic rings. The van der Waals surface area contributed by atoms with Crippen LogP contribution < -0.4 is 14.9 Å². The van der Waals surface area contributed by atoms with E-state index >= 15 is 0 Å². The van der Waals surface area contributed by atoms with E-state index in [-0.39, 0.29) is 48.4 Å². The molecule has 3 rings (SSSR count). The van der Waals surface area contributed by atoms with Crippen LogP contribution in [-0.4, -0.2) is 91.7 Å². The average molecular weight is 641 g/mol. The third-order valence-electron chi connectivity index (χ3n) is 6.59. The average Bonchev–Trinajstić information content (AvgIpc) is 3.22. The largest absolute Gasteiger partial charge is 0.586 e. The molecular formula is C30H42F2N4O7S. The Kier molecular flexibility index (Phi) is 11.7. The van der Waals surface area contributed by atoms with Crippen LogP contribution in [0.4, 0.5) is 8.78 Å². The summed E-state index contributed by atoms with van der Waals surface area (Å²) in [4.78, 5) is 27.7. The second kappa shape index (κ2) is 14.6. The molecule has 0 aliphatic carbocycles. The van der Waals surface area contributed by atoms with Gasteiger partial charge in [-0.25, -0.2) is 13.4 Å². The first-order valence-electron chi connectivity index (χ1n) is 14.4. The van der Waals surface area contributed by atoms with Crippen molar-refractivity contribution in [3.8, 4) is 11.5 Å². The minimum atomic E-state index is -4.36. The molecule has 1 heterocycles. The molecule has 0 fully saturated rings. The summed E-state index contributed by atoms with van der Waals surface area (Å²) in [6, 6.07) is 11.1. The van der Waals surface area contributed by atoms with Crippen molar-refractivity contribution in [2.24, 2.45) is 11.8 Å². The highest BCUT2D eigenvalue weighted by Gasteiger charge is 2.44. The Morgan fingerprint density at radius 1 is 0.955 bits per heavy atom. The van der Waals surface area contributed by atoms with Crippen molar-refractivity contribution in [3.63, 3.8) is 0 Å². The number of carbonyl (C=O) groups excluding carboxylic acids is 2. The maximum absolute atomic E-state index is 13.9. The number of amides is 2. The van der Waals surface area contributed by atoms with Gasteiger partial charge in [-0.3, -0.25) is 15.0 Å². The molecule has 44 heavy (non-hydrogen) atoms. The van der Waals surface area contributed by atoms with Gasteiger partial charge in [0.25, 0.3) is 5.91 Å². The van der Waals surface area contributed by atoms with Crippen LogP contribution >= 0.6 is 0 Å². The zero-order valence-electron chi connectivity index (χ0n) is 25.9. The van der Waals surface area contributed by atoms with Crippen LogP contribution in [-0.2, 0) is 26.0 Å². The van der Waals surface area contributed by atoms with Gasteiger partial charge in [0, 0.05) is 25.6 Å². The quantitative estimate of drug-likeness (QED) is 0.302. The molecule has 0 spiro atoms. The third-order valence-corrected chi connectivity index (χ3v) is 8.42. The van der Waals surface area contributed by atoms with Crippen molar-refractivity contribution in [2.45, 2.75) is 63.9 Å². The maximum Gasteiger partial charge on any atom is 0.586 e. The number of rotatable bonds is 14. The highest BCUT2D eigenvalue weighted by atomic mass is 32.2. The Bertz CT molecular complexity index is 1390. The zero-order chi connectivity index (χ0) is 32.8. The number of aliphatic hydroxyl groups is 1. The predicted molar refractivity (Wildman–Crippen MR) is 159 cm³/mol. The van der Waals surface area contributed by atoms with Crippen LogP contribution in [0.5, 0.6) is 11.5 Å². The van der Waals surface area contributed by atoms with Gasteiger partial charge in [0.2, 0.25) is 15.9 Å². The van der Waals surface area contributed by atoms with Gasteiger partial charge < -0.3 is 19.5 Å². The fourth-order valence-corrected chi connectivity index (χ4v) is 6.37. The third kappa shape index (κ3) is 9.58. The molecule has 0 saturated carbocycles. The lowest BCUT2D eigenvalue weighted by Gasteiger charge is -2.37. The number of hydrazine groups is 1. The first-order chi connectivity index (χ1) is 20.5. The Morgan fingerprint density at radius 2 is 1.59 bits per heavy atom. The number of aliphatic hydroxyl groups excluding tert-OH is 1. The van der Waals surface area contributed by atoms with Crippen molar-refractivity contribution >= 4 is 21.8 Å². The number of fused-ring (bicyclic) bond motifs is 1. The Balaban J connectivity index is 2.01. The molecule has 14 heteroatoms. The summed E-state index contributed by atoms with van der Waals surface area (Å²) in [6.07, 6.45) is -5.23. The zero-order valence-corrected chi connectivity index (χ0v) is 26.7. The highest BCUT2D eigenvalue weighted by Crippen LogP contribution is 2.42. The lowest BCUT2D eigenvalue weighted by molar-refractivity contribution is -0.286. The summed E-state index contributed by atoms with van der Waals surface area (Å²) in [5.74, 6) is -1.93. The van der Waals surface area contributed by atoms with E-state index in [1.54, 1.807) is 57.1 Å². The summed E-state index contributed by atoms with van der Waals surface area (Å²) in [5, 5.41) is 12.8. The molecule has 2 aromatic carbocycles. The van der Waals surface area contributed by atoms with E-state index in [2.05, 4.69) is 14.9 Å². The number of hydrogen-bond acceptors (Lipinski definition) is 8. The van der Waals surface area contributed by atoms with Gasteiger partial charge in [-0.1, -0.05) is 58.0 Å². The second-order valence-electron chi connectivity index (χ2n) is 12.0. The van der Waals surface area contributed by atoms with Gasteiger partial charge in [-0.15, -0.1) is 8.78 Å². The Hall–Kier alpha value is -3.33. The van der Waals surface area contributed by atoms with E-state index in [9.17, 15) is 31.9 Å². The number of nitrogens with zero attached hydrogens (tertiary/aromatic N) is 3. The number of alkyl halides is 2. The normalized spacial score (nSPS) is 15.6. The highest BCUT2D eigenvalue weighted by molar-refractivity contribution is 7.89. The lowest BCUT2D eigenvalue weighted by Crippen LogP contribution is -2.60. The van der Waals surface area contributed by atoms with E-state index < -0.39 is 52.6 Å². The van der Waals surface area contributed by atoms with E-state index in [1.165, 1.54) is 0 Å². The molecule has 0 radical (unpaired) electrons. The maximum atomic E-state index is 13.9. The Morgan fingerprint density at radius 3 is 2.18 bits per heavy atom. The number of carbonyl (C=O) groups is 2. The number of hydrogen-bond donors (Lipinski definition) is 2. The molecular weight excluding hydrogens is 598 g/mol. The molecule has 2 N–H and O–H groups in total. The summed E-state index contributed by atoms with van der Waals surface area (Å²) >= 11 is 0. The molecule has 2 amide bonds. The summed E-state index contributed by atoms with van der Waals surface area (Å²) in [7, 11) is -0.972. The molecule has 0 saturated heterocycles. The van der Waals surface area contributed by atoms with Crippen LogP contribution in [0.3, 0.4) is 0 Å². The van der Waals surface area contributed by atoms with Gasteiger partial charge in [0.1, 0.15) is 0 Å². The van der Waals surface area contributed by atoms with Crippen LogP contribution in [0.25, 0.3) is 0 Å². The van der Waals surface area contributed by atoms with Crippen molar-refractivity contribution in [1.29, 1.82) is 0 Å². The van der Waals surface area contributed by atoms with Crippen molar-refractivity contribution in [1.82, 2.24) is 19.6 Å². The minimum Gasteiger partial charge on any atom is -0.395 e. The topological polar surface area (TPSA) is 129 Å². The molecule has 244 valence electrons. The molecule has 1 aliphatic heterocycles. The van der Waals surface area contributed by atoms with Gasteiger partial charge in [0.15, 0.2) is 11.5 Å². The lowest BCUT2D eigenvalue weighted by atomic mass is 9.99. The SMILES string of the molecule is CC(C)CC(=O)N(NC(=O)CN(C)C)[C@@H](Cc1ccccc1)[C@H](O)CN(CC(C)C)S(=O)(=O)c1ccc2c(c1)OC(F)(F)O2. The van der Waals surface area contributed by atoms with Crippen LogP contribution in [0.1, 0.15) is 39.7 Å². The van der Waals surface area contributed by atoms with Crippen molar-refractivity contribution < 1.29 is 41.4 Å². The number of likely N-dealkylation sites (N-methyl/N-ethyl adjacent to an activating group) is 1. The summed E-state index contributed by atoms with van der Waals surface area (Å²) in [5.41, 5.74) is 3.39. The number of sulfonamides is 1. The van der Waals surface area contributed by atoms with Gasteiger partial charge >= 0.3 is 6.29 Å². The molecule has 0 unspecified atom stereocenters. The van der Waals surface area contributed by atoms with Crippen LogP contribution in [0.2, 0.25) is 0 Å². The Labute approximate surface area is 257 Å². The minimum absolute atomic E-state index is 0.0311. The molecule has 2 aromatic rings. The molecule has 2 atom stereocenters. The fourth-order valence-electron chi connectivity index (χ4n) is 4.74. The number of benzene rings is 2. The van der Waals surface area contributed by atoms with E-state index in [0.717, 1.165) is 33.1 Å². The number of ether oxygens (including phenoxy) is 2. The monoisotopic (exact) mass is 640 g/mol. The first-order valence-corrected chi connectivity index (χ1v) is 15.8. The number of nitrogens with one attached hydrogen (secondary N) is 1. The van der Waals surface area contributed by atoms with Crippen LogP contribution in [0, 0.1) is 11.8 Å². The fraction of sp³-hybridized carbons (Fsp3) is 0.533. The van der Waals surface area contributed by atoms with E-state index in [1.807, 2.05) is 19.9 Å². The van der Waals surface area contributed by atoms with Crippen LogP contribution in [0.15, 0.2) is 53.4 Å². The first kappa shape index (κ1) is 35.2. The second-order valence-corrected chi connectivity index (χ2v) is 13.9. The predicted octanol–water partition coefficient (Wildman–Crippen LogP) is 3.09. The van der Waals surface area contributed by atoms with Crippen molar-refractivity contribution in [3.05, 3.63) is 54.1 Å². The molecule has 11 nitrogen and oxygen atoms in total. The molecule has 0 aromatic heterocycles.